The van der Waals surface area contributed by atoms with E-state index < -0.39 is 5.91 Å². The number of pyridine rings is 1. The van der Waals surface area contributed by atoms with Crippen LogP contribution in [0.1, 0.15) is 39.8 Å². The molecule has 2 aromatic rings. The summed E-state index contributed by atoms with van der Waals surface area (Å²) in [5, 5.41) is 11.7. The second-order valence-electron chi connectivity index (χ2n) is 5.21. The lowest BCUT2D eigenvalue weighted by Gasteiger charge is -2.32. The summed E-state index contributed by atoms with van der Waals surface area (Å²) in [5.74, 6) is 0.723. The van der Waals surface area contributed by atoms with Crippen LogP contribution in [0.2, 0.25) is 0 Å². The molecule has 0 aliphatic carbocycles. The number of nitriles is 1. The highest BCUT2D eigenvalue weighted by atomic mass is 32.1. The van der Waals surface area contributed by atoms with Gasteiger partial charge < -0.3 is 10.6 Å². The lowest BCUT2D eigenvalue weighted by Crippen LogP contribution is -2.33. The second kappa shape index (κ2) is 6.12. The van der Waals surface area contributed by atoms with E-state index in [-0.39, 0.29) is 0 Å². The van der Waals surface area contributed by atoms with Crippen LogP contribution in [0.15, 0.2) is 23.7 Å². The monoisotopic (exact) mass is 313 g/mol. The normalized spacial score (nSPS) is 15.5. The predicted molar refractivity (Wildman–Crippen MR) is 83.8 cm³/mol. The van der Waals surface area contributed by atoms with Crippen LogP contribution in [0.5, 0.6) is 0 Å². The summed E-state index contributed by atoms with van der Waals surface area (Å²) < 4.78 is 0. The van der Waals surface area contributed by atoms with Crippen LogP contribution in [0.3, 0.4) is 0 Å². The van der Waals surface area contributed by atoms with Crippen LogP contribution in [0.25, 0.3) is 0 Å². The fraction of sp³-hybridized carbons (Fsp3) is 0.333. The third kappa shape index (κ3) is 2.92. The summed E-state index contributed by atoms with van der Waals surface area (Å²) in [6.07, 6.45) is 3.56. The first-order chi connectivity index (χ1) is 10.7. The van der Waals surface area contributed by atoms with Gasteiger partial charge in [-0.3, -0.25) is 4.79 Å². The number of primary amides is 1. The number of carbonyl (C=O) groups is 1. The van der Waals surface area contributed by atoms with Crippen molar-refractivity contribution in [2.75, 3.05) is 18.0 Å². The molecule has 7 heteroatoms. The topological polar surface area (TPSA) is 95.9 Å². The van der Waals surface area contributed by atoms with E-state index in [9.17, 15) is 4.79 Å². The van der Waals surface area contributed by atoms with Gasteiger partial charge in [0.05, 0.1) is 16.6 Å². The average molecular weight is 313 g/mol. The highest BCUT2D eigenvalue weighted by Crippen LogP contribution is 2.31. The van der Waals surface area contributed by atoms with Gasteiger partial charge in [0, 0.05) is 30.6 Å². The van der Waals surface area contributed by atoms with Gasteiger partial charge in [-0.15, -0.1) is 11.3 Å². The number of nitrogens with zero attached hydrogens (tertiary/aromatic N) is 4. The Balaban J connectivity index is 1.66. The number of rotatable bonds is 3. The summed E-state index contributed by atoms with van der Waals surface area (Å²) in [4.78, 5) is 22.0. The number of nitrogens with two attached hydrogens (primary N) is 1. The Kier molecular flexibility index (Phi) is 4.02. The maximum Gasteiger partial charge on any atom is 0.268 e. The van der Waals surface area contributed by atoms with Gasteiger partial charge >= 0.3 is 0 Å². The van der Waals surface area contributed by atoms with Crippen LogP contribution < -0.4 is 10.6 Å². The van der Waals surface area contributed by atoms with Crippen LogP contribution in [0.4, 0.5) is 5.82 Å². The number of aromatic nitrogens is 2. The Morgan fingerprint density at radius 2 is 2.23 bits per heavy atom. The minimum Gasteiger partial charge on any atom is -0.364 e. The first kappa shape index (κ1) is 14.5. The SMILES string of the molecule is N#Cc1ccnc(N2CCC(c3nc(C(N)=O)cs3)CC2)c1. The highest BCUT2D eigenvalue weighted by molar-refractivity contribution is 7.09. The zero-order chi connectivity index (χ0) is 15.5. The molecule has 0 radical (unpaired) electrons. The summed E-state index contributed by atoms with van der Waals surface area (Å²) in [6.45, 7) is 1.72. The number of thiazole rings is 1. The zero-order valence-corrected chi connectivity index (χ0v) is 12.7. The summed E-state index contributed by atoms with van der Waals surface area (Å²) in [6, 6.07) is 5.66. The van der Waals surface area contributed by atoms with E-state index in [1.807, 2.05) is 6.07 Å². The Morgan fingerprint density at radius 3 is 2.86 bits per heavy atom. The van der Waals surface area contributed by atoms with Crippen molar-refractivity contribution >= 4 is 23.1 Å². The van der Waals surface area contributed by atoms with Crippen molar-refractivity contribution in [1.82, 2.24) is 9.97 Å². The van der Waals surface area contributed by atoms with Crippen LogP contribution >= 0.6 is 11.3 Å². The molecule has 1 aliphatic heterocycles. The molecule has 0 saturated carbocycles. The van der Waals surface area contributed by atoms with Gasteiger partial charge in [0.2, 0.25) is 0 Å². The maximum absolute atomic E-state index is 11.1. The Bertz CT molecular complexity index is 728. The molecule has 3 rings (SSSR count). The molecular weight excluding hydrogens is 298 g/mol. The van der Waals surface area contributed by atoms with Gasteiger partial charge in [-0.2, -0.15) is 5.26 Å². The first-order valence-electron chi connectivity index (χ1n) is 7.03. The first-order valence-corrected chi connectivity index (χ1v) is 7.91. The van der Waals surface area contributed by atoms with E-state index in [0.717, 1.165) is 36.8 Å². The molecule has 0 spiro atoms. The van der Waals surface area contributed by atoms with Crippen molar-refractivity contribution in [3.05, 3.63) is 40.0 Å². The molecule has 0 atom stereocenters. The molecule has 3 heterocycles. The van der Waals surface area contributed by atoms with Gasteiger partial charge in [0.1, 0.15) is 11.5 Å². The second-order valence-corrected chi connectivity index (χ2v) is 6.10. The minimum absolute atomic E-state index is 0.353. The average Bonchev–Trinajstić information content (AvgIpc) is 3.05. The van der Waals surface area contributed by atoms with Gasteiger partial charge in [-0.1, -0.05) is 0 Å². The third-order valence-corrected chi connectivity index (χ3v) is 4.82. The lowest BCUT2D eigenvalue weighted by molar-refractivity contribution is 0.0996. The van der Waals surface area contributed by atoms with Crippen molar-refractivity contribution in [3.63, 3.8) is 0 Å². The van der Waals surface area contributed by atoms with Crippen molar-refractivity contribution in [2.45, 2.75) is 18.8 Å². The Labute approximate surface area is 132 Å². The molecule has 2 N–H and O–H groups in total. The zero-order valence-electron chi connectivity index (χ0n) is 11.9. The fourth-order valence-electron chi connectivity index (χ4n) is 2.60. The van der Waals surface area contributed by atoms with Crippen LogP contribution in [-0.4, -0.2) is 29.0 Å². The van der Waals surface area contributed by atoms with E-state index in [0.29, 0.717) is 17.2 Å². The van der Waals surface area contributed by atoms with Gasteiger partial charge in [-0.05, 0) is 25.0 Å². The molecule has 1 saturated heterocycles. The Hall–Kier alpha value is -2.46. The van der Waals surface area contributed by atoms with E-state index in [1.54, 1.807) is 17.6 Å². The number of piperidine rings is 1. The molecule has 0 unspecified atom stereocenters. The van der Waals surface area contributed by atoms with Crippen molar-refractivity contribution in [2.24, 2.45) is 5.73 Å². The van der Waals surface area contributed by atoms with Gasteiger partial charge in [-0.25, -0.2) is 9.97 Å². The number of amides is 1. The minimum atomic E-state index is -0.475. The van der Waals surface area contributed by atoms with E-state index >= 15 is 0 Å². The summed E-state index contributed by atoms with van der Waals surface area (Å²) >= 11 is 1.50. The standard InChI is InChI=1S/C15H15N5OS/c16-8-10-1-4-18-13(7-10)20-5-2-11(3-6-20)15-19-12(9-22-15)14(17)21/h1,4,7,9,11H,2-3,5-6H2,(H2,17,21). The smallest absolute Gasteiger partial charge is 0.268 e. The molecule has 1 fully saturated rings. The van der Waals surface area contributed by atoms with Crippen molar-refractivity contribution in [3.8, 4) is 6.07 Å². The number of anilines is 1. The molecule has 2 aromatic heterocycles. The van der Waals surface area contributed by atoms with Gasteiger partial charge in [0.25, 0.3) is 5.91 Å². The van der Waals surface area contributed by atoms with E-state index in [4.69, 9.17) is 11.0 Å². The van der Waals surface area contributed by atoms with E-state index in [2.05, 4.69) is 20.9 Å². The number of hydrogen-bond donors (Lipinski definition) is 1. The molecule has 1 aliphatic rings. The summed E-state index contributed by atoms with van der Waals surface area (Å²) in [5.41, 5.74) is 6.22. The molecular formula is C15H15N5OS. The number of hydrogen-bond acceptors (Lipinski definition) is 6. The van der Waals surface area contributed by atoms with Crippen molar-refractivity contribution in [1.29, 1.82) is 5.26 Å². The van der Waals surface area contributed by atoms with Crippen LogP contribution in [0, 0.1) is 11.3 Å². The quantitative estimate of drug-likeness (QED) is 0.933. The Morgan fingerprint density at radius 1 is 1.45 bits per heavy atom. The predicted octanol–water partition coefficient (Wildman–Crippen LogP) is 1.89. The third-order valence-electron chi connectivity index (χ3n) is 3.82. The molecule has 1 amide bonds. The lowest BCUT2D eigenvalue weighted by atomic mass is 9.97. The summed E-state index contributed by atoms with van der Waals surface area (Å²) in [7, 11) is 0. The van der Waals surface area contributed by atoms with Crippen LogP contribution in [-0.2, 0) is 0 Å². The largest absolute Gasteiger partial charge is 0.364 e. The van der Waals surface area contributed by atoms with E-state index in [1.165, 1.54) is 11.3 Å². The fourth-order valence-corrected chi connectivity index (χ4v) is 3.59. The molecule has 0 bridgehead atoms. The highest BCUT2D eigenvalue weighted by Gasteiger charge is 2.24. The molecule has 0 aromatic carbocycles. The van der Waals surface area contributed by atoms with Gasteiger partial charge in [0.15, 0.2) is 0 Å². The molecule has 22 heavy (non-hydrogen) atoms. The molecule has 112 valence electrons. The van der Waals surface area contributed by atoms with Crippen molar-refractivity contribution < 1.29 is 4.79 Å². The molecule has 6 nitrogen and oxygen atoms in total. The maximum atomic E-state index is 11.1. The number of carbonyl (C=O) groups excluding carboxylic acids is 1.